The summed E-state index contributed by atoms with van der Waals surface area (Å²) in [5.41, 5.74) is 0.865. The molecule has 0 aliphatic heterocycles. The predicted octanol–water partition coefficient (Wildman–Crippen LogP) is 3.65. The Balaban J connectivity index is 2.57. The van der Waals surface area contributed by atoms with Crippen molar-refractivity contribution >= 4 is 11.5 Å². The monoisotopic (exact) mass is 302 g/mol. The van der Waals surface area contributed by atoms with Crippen molar-refractivity contribution in [3.63, 3.8) is 0 Å². The lowest BCUT2D eigenvalue weighted by atomic mass is 10.1. The van der Waals surface area contributed by atoms with Gasteiger partial charge in [0.25, 0.3) is 0 Å². The van der Waals surface area contributed by atoms with E-state index < -0.39 is 0 Å². The van der Waals surface area contributed by atoms with Gasteiger partial charge in [-0.15, -0.1) is 0 Å². The average Bonchev–Trinajstić information content (AvgIpc) is 2.59. The summed E-state index contributed by atoms with van der Waals surface area (Å²) in [5, 5.41) is 20.5. The Hall–Kier alpha value is -2.82. The summed E-state index contributed by atoms with van der Waals surface area (Å²) in [7, 11) is 4.47. The van der Waals surface area contributed by atoms with Crippen LogP contribution in [0.5, 0.6) is 17.2 Å². The normalized spacial score (nSPS) is 11.6. The van der Waals surface area contributed by atoms with E-state index in [9.17, 15) is 10.2 Å². The molecule has 0 aliphatic carbocycles. The number of methoxy groups -OCH3 is 3. The van der Waals surface area contributed by atoms with Crippen molar-refractivity contribution < 1.29 is 24.4 Å². The Bertz CT molecular complexity index is 652. The van der Waals surface area contributed by atoms with Crippen LogP contribution in [0.2, 0.25) is 0 Å². The lowest BCUT2D eigenvalue weighted by Gasteiger charge is -2.14. The van der Waals surface area contributed by atoms with Gasteiger partial charge in [-0.1, -0.05) is 30.3 Å². The summed E-state index contributed by atoms with van der Waals surface area (Å²) in [4.78, 5) is 0. The first kappa shape index (κ1) is 15.6. The number of aliphatic hydroxyl groups is 2. The highest BCUT2D eigenvalue weighted by Crippen LogP contribution is 2.40. The van der Waals surface area contributed by atoms with Gasteiger partial charge >= 0.3 is 0 Å². The smallest absolute Gasteiger partial charge is 0.203 e. The van der Waals surface area contributed by atoms with Gasteiger partial charge in [0.15, 0.2) is 23.0 Å². The molecular formula is C17H18O5. The molecular weight excluding hydrogens is 284 g/mol. The molecule has 0 aliphatic rings. The van der Waals surface area contributed by atoms with Gasteiger partial charge in [0.05, 0.1) is 21.3 Å². The summed E-state index contributed by atoms with van der Waals surface area (Å²) in [5.74, 6) is 0.703. The summed E-state index contributed by atoms with van der Waals surface area (Å²) in [6, 6.07) is 11.9. The number of aliphatic hydroxyl groups excluding tert-OH is 2. The molecule has 2 aromatic carbocycles. The molecule has 22 heavy (non-hydrogen) atoms. The van der Waals surface area contributed by atoms with Crippen LogP contribution in [0, 0.1) is 0 Å². The van der Waals surface area contributed by atoms with Crippen LogP contribution in [0.3, 0.4) is 0 Å². The molecule has 0 bridgehead atoms. The largest absolute Gasteiger partial charge is 0.504 e. The number of rotatable bonds is 5. The fraction of sp³-hybridized carbons (Fsp3) is 0.176. The Morgan fingerprint density at radius 2 is 1.23 bits per heavy atom. The van der Waals surface area contributed by atoms with Crippen LogP contribution in [0.15, 0.2) is 42.5 Å². The van der Waals surface area contributed by atoms with E-state index in [1.54, 1.807) is 36.4 Å². The van der Waals surface area contributed by atoms with Crippen molar-refractivity contribution in [2.75, 3.05) is 21.3 Å². The van der Waals surface area contributed by atoms with Gasteiger partial charge in [-0.2, -0.15) is 0 Å². The van der Waals surface area contributed by atoms with E-state index in [1.165, 1.54) is 21.3 Å². The van der Waals surface area contributed by atoms with Gasteiger partial charge < -0.3 is 24.4 Å². The highest BCUT2D eigenvalue weighted by atomic mass is 16.5. The Morgan fingerprint density at radius 3 is 1.68 bits per heavy atom. The molecule has 5 heteroatoms. The van der Waals surface area contributed by atoms with Crippen LogP contribution >= 0.6 is 0 Å². The summed E-state index contributed by atoms with van der Waals surface area (Å²) in [6.45, 7) is 0. The van der Waals surface area contributed by atoms with Crippen LogP contribution in [0.4, 0.5) is 0 Å². The van der Waals surface area contributed by atoms with Gasteiger partial charge in [-0.25, -0.2) is 0 Å². The second-order valence-corrected chi connectivity index (χ2v) is 4.48. The second kappa shape index (κ2) is 6.76. The second-order valence-electron chi connectivity index (χ2n) is 4.48. The van der Waals surface area contributed by atoms with E-state index in [0.29, 0.717) is 28.4 Å². The molecule has 2 N–H and O–H groups in total. The maximum atomic E-state index is 10.3. The van der Waals surface area contributed by atoms with E-state index in [2.05, 4.69) is 0 Å². The third-order valence-electron chi connectivity index (χ3n) is 3.21. The van der Waals surface area contributed by atoms with Crippen molar-refractivity contribution in [3.05, 3.63) is 53.6 Å². The lowest BCUT2D eigenvalue weighted by Crippen LogP contribution is -1.98. The first-order valence-corrected chi connectivity index (χ1v) is 6.60. The zero-order valence-electron chi connectivity index (χ0n) is 12.7. The van der Waals surface area contributed by atoms with E-state index in [1.807, 2.05) is 6.07 Å². The molecule has 0 amide bonds. The lowest BCUT2D eigenvalue weighted by molar-refractivity contribution is 0.324. The Labute approximate surface area is 129 Å². The fourth-order valence-corrected chi connectivity index (χ4v) is 2.09. The topological polar surface area (TPSA) is 68.2 Å². The van der Waals surface area contributed by atoms with Gasteiger partial charge in [0.1, 0.15) is 0 Å². The van der Waals surface area contributed by atoms with Crippen LogP contribution in [0.25, 0.3) is 11.5 Å². The minimum absolute atomic E-state index is 0.227. The molecule has 0 fully saturated rings. The number of hydrogen-bond acceptors (Lipinski definition) is 5. The maximum absolute atomic E-state index is 10.3. The van der Waals surface area contributed by atoms with Crippen molar-refractivity contribution in [1.82, 2.24) is 0 Å². The minimum Gasteiger partial charge on any atom is -0.504 e. The molecule has 0 aromatic heterocycles. The number of benzene rings is 2. The standard InChI is InChI=1S/C17H18O5/c1-20-13-9-12(10-14(21-2)17(13)22-3)16(19)15(18)11-7-5-4-6-8-11/h4-10,18-19H,1-3H3/b16-15-. The molecule has 2 rings (SSSR count). The highest BCUT2D eigenvalue weighted by molar-refractivity contribution is 5.83. The van der Waals surface area contributed by atoms with Crippen LogP contribution < -0.4 is 14.2 Å². The third-order valence-corrected chi connectivity index (χ3v) is 3.21. The zero-order chi connectivity index (χ0) is 16.1. The van der Waals surface area contributed by atoms with Gasteiger partial charge in [0.2, 0.25) is 5.75 Å². The quantitative estimate of drug-likeness (QED) is 0.651. The molecule has 0 saturated carbocycles. The van der Waals surface area contributed by atoms with Gasteiger partial charge in [-0.05, 0) is 12.1 Å². The SMILES string of the molecule is COc1cc(/C(O)=C(/O)c2ccccc2)cc(OC)c1OC. The molecule has 116 valence electrons. The zero-order valence-corrected chi connectivity index (χ0v) is 12.7. The van der Waals surface area contributed by atoms with E-state index >= 15 is 0 Å². The molecule has 0 spiro atoms. The fourth-order valence-electron chi connectivity index (χ4n) is 2.09. The third kappa shape index (κ3) is 2.93. The average molecular weight is 302 g/mol. The Kier molecular flexibility index (Phi) is 4.78. The number of ether oxygens (including phenoxy) is 3. The summed E-state index contributed by atoms with van der Waals surface area (Å²) in [6.07, 6.45) is 0. The van der Waals surface area contributed by atoms with E-state index in [4.69, 9.17) is 14.2 Å². The molecule has 0 heterocycles. The van der Waals surface area contributed by atoms with Crippen LogP contribution in [-0.4, -0.2) is 31.5 Å². The van der Waals surface area contributed by atoms with Crippen molar-refractivity contribution in [1.29, 1.82) is 0 Å². The Morgan fingerprint density at radius 1 is 0.727 bits per heavy atom. The summed E-state index contributed by atoms with van der Waals surface area (Å²) < 4.78 is 15.7. The van der Waals surface area contributed by atoms with Crippen molar-refractivity contribution in [3.8, 4) is 17.2 Å². The van der Waals surface area contributed by atoms with Crippen molar-refractivity contribution in [2.45, 2.75) is 0 Å². The first-order valence-electron chi connectivity index (χ1n) is 6.60. The van der Waals surface area contributed by atoms with Gasteiger partial charge in [-0.3, -0.25) is 0 Å². The molecule has 0 atom stereocenters. The molecule has 0 saturated heterocycles. The first-order chi connectivity index (χ1) is 10.6. The van der Waals surface area contributed by atoms with Crippen LogP contribution in [0.1, 0.15) is 11.1 Å². The van der Waals surface area contributed by atoms with Crippen LogP contribution in [-0.2, 0) is 0 Å². The van der Waals surface area contributed by atoms with Gasteiger partial charge in [0, 0.05) is 11.1 Å². The predicted molar refractivity (Wildman–Crippen MR) is 84.6 cm³/mol. The minimum atomic E-state index is -0.273. The molecule has 0 radical (unpaired) electrons. The summed E-state index contributed by atoms with van der Waals surface area (Å²) >= 11 is 0. The van der Waals surface area contributed by atoms with E-state index in [-0.39, 0.29) is 11.5 Å². The molecule has 0 unspecified atom stereocenters. The number of hydrogen-bond donors (Lipinski definition) is 2. The van der Waals surface area contributed by atoms with E-state index in [0.717, 1.165) is 0 Å². The molecule has 2 aromatic rings. The molecule has 5 nitrogen and oxygen atoms in total. The van der Waals surface area contributed by atoms with Crippen molar-refractivity contribution in [2.24, 2.45) is 0 Å². The maximum Gasteiger partial charge on any atom is 0.203 e. The highest BCUT2D eigenvalue weighted by Gasteiger charge is 2.17.